The summed E-state index contributed by atoms with van der Waals surface area (Å²) in [7, 11) is 0. The van der Waals surface area contributed by atoms with Crippen molar-refractivity contribution in [2.24, 2.45) is 0 Å². The van der Waals surface area contributed by atoms with Crippen LogP contribution in [0.1, 0.15) is 56.3 Å². The monoisotopic (exact) mass is 275 g/mol. The van der Waals surface area contributed by atoms with Gasteiger partial charge < -0.3 is 10.2 Å². The largest absolute Gasteiger partial charge is 0.370 e. The summed E-state index contributed by atoms with van der Waals surface area (Å²) < 4.78 is 0. The van der Waals surface area contributed by atoms with Gasteiger partial charge in [0.15, 0.2) is 0 Å². The van der Waals surface area contributed by atoms with Crippen LogP contribution in [0.2, 0.25) is 0 Å². The van der Waals surface area contributed by atoms with Crippen LogP contribution in [0.5, 0.6) is 0 Å². The van der Waals surface area contributed by atoms with E-state index < -0.39 is 0 Å². The summed E-state index contributed by atoms with van der Waals surface area (Å²) in [6, 6.07) is 4.15. The van der Waals surface area contributed by atoms with E-state index in [0.29, 0.717) is 11.6 Å². The first-order chi connectivity index (χ1) is 9.76. The van der Waals surface area contributed by atoms with Crippen LogP contribution in [0, 0.1) is 0 Å². The smallest absolute Gasteiger partial charge is 0.255 e. The summed E-state index contributed by atoms with van der Waals surface area (Å²) in [6.07, 6.45) is 7.45. The Balaban J connectivity index is 2.11. The lowest BCUT2D eigenvalue weighted by molar-refractivity contribution is 0.0678. The average Bonchev–Trinajstić information content (AvgIpc) is 2.72. The molecule has 1 aromatic heterocycles. The number of carbonyl (C=O) groups is 1. The van der Waals surface area contributed by atoms with Gasteiger partial charge in [-0.1, -0.05) is 19.8 Å². The lowest BCUT2D eigenvalue weighted by atomic mass is 10.1. The van der Waals surface area contributed by atoms with Crippen LogP contribution in [-0.4, -0.2) is 34.9 Å². The Kier molecular flexibility index (Phi) is 5.39. The Morgan fingerprint density at radius 1 is 1.35 bits per heavy atom. The number of hydrogen-bond acceptors (Lipinski definition) is 3. The molecule has 1 amide bonds. The first-order valence-corrected chi connectivity index (χ1v) is 7.77. The first-order valence-electron chi connectivity index (χ1n) is 7.77. The van der Waals surface area contributed by atoms with Crippen LogP contribution in [0.25, 0.3) is 0 Å². The molecule has 1 unspecified atom stereocenters. The molecule has 1 saturated heterocycles. The summed E-state index contributed by atoms with van der Waals surface area (Å²) in [6.45, 7) is 5.92. The van der Waals surface area contributed by atoms with E-state index in [1.807, 2.05) is 19.1 Å². The molecule has 1 fully saturated rings. The topological polar surface area (TPSA) is 45.2 Å². The van der Waals surface area contributed by atoms with Crippen LogP contribution >= 0.6 is 0 Å². The SMILES string of the molecule is CCNc1ccc(C(=O)N2CCCCCC2CC)cn1. The van der Waals surface area contributed by atoms with Crippen molar-refractivity contribution < 1.29 is 4.79 Å². The second-order valence-corrected chi connectivity index (χ2v) is 5.37. The zero-order valence-electron chi connectivity index (χ0n) is 12.6. The van der Waals surface area contributed by atoms with Gasteiger partial charge in [0.2, 0.25) is 0 Å². The molecule has 110 valence electrons. The summed E-state index contributed by atoms with van der Waals surface area (Å²) in [5, 5.41) is 3.15. The molecular weight excluding hydrogens is 250 g/mol. The highest BCUT2D eigenvalue weighted by Crippen LogP contribution is 2.21. The molecule has 1 aliphatic rings. The van der Waals surface area contributed by atoms with Gasteiger partial charge in [-0.05, 0) is 38.3 Å². The van der Waals surface area contributed by atoms with Crippen molar-refractivity contribution in [3.63, 3.8) is 0 Å². The van der Waals surface area contributed by atoms with Gasteiger partial charge in [0.1, 0.15) is 5.82 Å². The van der Waals surface area contributed by atoms with Crippen LogP contribution in [-0.2, 0) is 0 Å². The van der Waals surface area contributed by atoms with E-state index in [1.54, 1.807) is 6.20 Å². The highest BCUT2D eigenvalue weighted by atomic mass is 16.2. The van der Waals surface area contributed by atoms with Crippen molar-refractivity contribution in [2.75, 3.05) is 18.4 Å². The van der Waals surface area contributed by atoms with Crippen LogP contribution in [0.15, 0.2) is 18.3 Å². The fourth-order valence-corrected chi connectivity index (χ4v) is 2.84. The predicted octanol–water partition coefficient (Wildman–Crippen LogP) is 3.31. The van der Waals surface area contributed by atoms with Gasteiger partial charge in [-0.15, -0.1) is 0 Å². The van der Waals surface area contributed by atoms with E-state index in [9.17, 15) is 4.79 Å². The van der Waals surface area contributed by atoms with Crippen LogP contribution < -0.4 is 5.32 Å². The molecule has 0 aliphatic carbocycles. The molecule has 1 N–H and O–H groups in total. The number of rotatable bonds is 4. The van der Waals surface area contributed by atoms with E-state index in [0.717, 1.165) is 38.2 Å². The molecule has 0 radical (unpaired) electrons. The first kappa shape index (κ1) is 14.8. The maximum absolute atomic E-state index is 12.7. The van der Waals surface area contributed by atoms with Crippen LogP contribution in [0.3, 0.4) is 0 Å². The number of nitrogens with zero attached hydrogens (tertiary/aromatic N) is 2. The van der Waals surface area contributed by atoms with E-state index in [2.05, 4.69) is 22.1 Å². The normalized spacial score (nSPS) is 19.5. The van der Waals surface area contributed by atoms with Gasteiger partial charge in [0.05, 0.1) is 5.56 Å². The molecule has 1 aromatic rings. The fourth-order valence-electron chi connectivity index (χ4n) is 2.84. The Labute approximate surface area is 121 Å². The second kappa shape index (κ2) is 7.27. The van der Waals surface area contributed by atoms with Gasteiger partial charge in [0, 0.05) is 25.3 Å². The molecule has 0 bridgehead atoms. The number of pyridine rings is 1. The Morgan fingerprint density at radius 2 is 2.20 bits per heavy atom. The third-order valence-electron chi connectivity index (χ3n) is 3.98. The molecule has 2 rings (SSSR count). The number of carbonyl (C=O) groups excluding carboxylic acids is 1. The summed E-state index contributed by atoms with van der Waals surface area (Å²) in [4.78, 5) is 19.0. The van der Waals surface area contributed by atoms with Crippen molar-refractivity contribution in [3.05, 3.63) is 23.9 Å². The van der Waals surface area contributed by atoms with Crippen LogP contribution in [0.4, 0.5) is 5.82 Å². The van der Waals surface area contributed by atoms with Gasteiger partial charge in [0.25, 0.3) is 5.91 Å². The minimum atomic E-state index is 0.134. The number of hydrogen-bond donors (Lipinski definition) is 1. The van der Waals surface area contributed by atoms with Crippen molar-refractivity contribution in [1.29, 1.82) is 0 Å². The van der Waals surface area contributed by atoms with Gasteiger partial charge in [-0.25, -0.2) is 4.98 Å². The number of amides is 1. The molecule has 2 heterocycles. The van der Waals surface area contributed by atoms with E-state index in [4.69, 9.17) is 0 Å². The second-order valence-electron chi connectivity index (χ2n) is 5.37. The number of anilines is 1. The summed E-state index contributed by atoms with van der Waals surface area (Å²) >= 11 is 0. The van der Waals surface area contributed by atoms with Gasteiger partial charge in [-0.3, -0.25) is 4.79 Å². The third kappa shape index (κ3) is 3.50. The maximum Gasteiger partial charge on any atom is 0.255 e. The lowest BCUT2D eigenvalue weighted by Gasteiger charge is -2.29. The fraction of sp³-hybridized carbons (Fsp3) is 0.625. The lowest BCUT2D eigenvalue weighted by Crippen LogP contribution is -2.39. The minimum absolute atomic E-state index is 0.134. The molecule has 1 atom stereocenters. The molecule has 4 nitrogen and oxygen atoms in total. The third-order valence-corrected chi connectivity index (χ3v) is 3.98. The molecule has 0 spiro atoms. The van der Waals surface area contributed by atoms with Crippen molar-refractivity contribution in [3.8, 4) is 0 Å². The zero-order valence-corrected chi connectivity index (χ0v) is 12.6. The molecule has 1 aliphatic heterocycles. The maximum atomic E-state index is 12.7. The van der Waals surface area contributed by atoms with Crippen molar-refractivity contribution in [2.45, 2.75) is 52.0 Å². The van der Waals surface area contributed by atoms with Crippen molar-refractivity contribution in [1.82, 2.24) is 9.88 Å². The van der Waals surface area contributed by atoms with Gasteiger partial charge >= 0.3 is 0 Å². The average molecular weight is 275 g/mol. The standard InChI is InChI=1S/C16H25N3O/c1-3-14-8-6-5-7-11-19(14)16(20)13-9-10-15(17-4-2)18-12-13/h9-10,12,14H,3-8,11H2,1-2H3,(H,17,18). The Bertz CT molecular complexity index is 430. The summed E-state index contributed by atoms with van der Waals surface area (Å²) in [5.74, 6) is 0.959. The highest BCUT2D eigenvalue weighted by Gasteiger charge is 2.25. The number of aromatic nitrogens is 1. The molecule has 0 aromatic carbocycles. The summed E-state index contributed by atoms with van der Waals surface area (Å²) in [5.41, 5.74) is 0.701. The quantitative estimate of drug-likeness (QED) is 0.917. The predicted molar refractivity (Wildman–Crippen MR) is 82.0 cm³/mol. The number of nitrogens with one attached hydrogen (secondary N) is 1. The van der Waals surface area contributed by atoms with Gasteiger partial charge in [-0.2, -0.15) is 0 Å². The van der Waals surface area contributed by atoms with Crippen molar-refractivity contribution >= 4 is 11.7 Å². The number of likely N-dealkylation sites (tertiary alicyclic amines) is 1. The highest BCUT2D eigenvalue weighted by molar-refractivity contribution is 5.94. The van der Waals surface area contributed by atoms with E-state index in [1.165, 1.54) is 12.8 Å². The minimum Gasteiger partial charge on any atom is -0.370 e. The van der Waals surface area contributed by atoms with E-state index in [-0.39, 0.29) is 5.91 Å². The zero-order chi connectivity index (χ0) is 14.4. The molecule has 0 saturated carbocycles. The molecule has 20 heavy (non-hydrogen) atoms. The Hall–Kier alpha value is -1.58. The Morgan fingerprint density at radius 3 is 2.85 bits per heavy atom. The molecular formula is C16H25N3O. The van der Waals surface area contributed by atoms with E-state index >= 15 is 0 Å². The molecule has 4 heteroatoms.